The molecule has 0 unspecified atom stereocenters. The number of nitrogens with zero attached hydrogens (tertiary/aromatic N) is 1. The number of hydrogen-bond donors (Lipinski definition) is 0. The van der Waals surface area contributed by atoms with E-state index in [1.54, 1.807) is 6.07 Å². The van der Waals surface area contributed by atoms with Gasteiger partial charge in [0.15, 0.2) is 5.58 Å². The van der Waals surface area contributed by atoms with E-state index >= 15 is 0 Å². The van der Waals surface area contributed by atoms with Crippen LogP contribution in [0.25, 0.3) is 77.3 Å². The zero-order chi connectivity index (χ0) is 47.0. The molecular formula is C61H37NO3. The number of ether oxygens (including phenoxy) is 1. The first-order valence-corrected chi connectivity index (χ1v) is 21.7. The standard InChI is InChI=1S/C61H37NO3/c1-3-16-38(17-4-1)42-22-15-31-56-58(42)48-36-40(33-35-54(48)63-56)62(53-29-14-25-47-46-24-13-23-43(59(46)65-60(47)53)39-18-5-2-6-19-39)41-32-34-52-57(37-41)64-55-30-12-11-28-51(55)61(52)49-26-9-7-20-44(49)45-21-8-10-27-50(45)61/h1-37H/i2D,5D,6D,18D,19D. The Bertz CT molecular complexity index is 4120. The van der Waals surface area contributed by atoms with Gasteiger partial charge < -0.3 is 18.5 Å². The number of para-hydroxylation sites is 3. The maximum atomic E-state index is 8.92. The molecule has 14 rings (SSSR count). The molecule has 0 saturated heterocycles. The molecule has 0 saturated carbocycles. The first-order valence-electron chi connectivity index (χ1n) is 24.2. The fraction of sp³-hybridized carbons (Fsp3) is 0.0164. The van der Waals surface area contributed by atoms with Gasteiger partial charge in [-0.1, -0.05) is 176 Å². The Labute approximate surface area is 381 Å². The van der Waals surface area contributed by atoms with E-state index in [4.69, 9.17) is 20.4 Å². The summed E-state index contributed by atoms with van der Waals surface area (Å²) in [6, 6.07) is 64.7. The smallest absolute Gasteiger partial charge is 0.159 e. The molecule has 1 aliphatic heterocycles. The first kappa shape index (κ1) is 31.3. The number of fused-ring (bicyclic) bond motifs is 15. The van der Waals surface area contributed by atoms with Crippen LogP contribution in [0.5, 0.6) is 11.5 Å². The van der Waals surface area contributed by atoms with Gasteiger partial charge in [-0.3, -0.25) is 0 Å². The number of benzene rings is 10. The Balaban J connectivity index is 1.04. The molecule has 10 aromatic carbocycles. The second kappa shape index (κ2) is 13.7. The van der Waals surface area contributed by atoms with Crippen LogP contribution < -0.4 is 9.64 Å². The van der Waals surface area contributed by atoms with Crippen LogP contribution in [-0.4, -0.2) is 0 Å². The normalized spacial score (nSPS) is 14.2. The Morgan fingerprint density at radius 1 is 0.400 bits per heavy atom. The largest absolute Gasteiger partial charge is 0.457 e. The number of furan rings is 2. The molecule has 0 fully saturated rings. The SMILES string of the molecule is [2H]c1c([2H])c([2H])c(-c2cccc3c2oc2c(N(c4ccc5c(c4)Oc4ccccc4C54c5ccccc5-c5ccccc54)c4ccc5oc6cccc(-c7ccccc7)c6c5c4)cccc23)c([2H])c1[2H]. The summed E-state index contributed by atoms with van der Waals surface area (Å²) in [5, 5.41) is 3.49. The fourth-order valence-corrected chi connectivity index (χ4v) is 10.8. The van der Waals surface area contributed by atoms with Gasteiger partial charge >= 0.3 is 0 Å². The average molecular weight is 837 g/mol. The molecule has 0 radical (unpaired) electrons. The topological polar surface area (TPSA) is 38.8 Å². The van der Waals surface area contributed by atoms with Crippen molar-refractivity contribution in [1.82, 2.24) is 0 Å². The van der Waals surface area contributed by atoms with Crippen LogP contribution in [0.15, 0.2) is 233 Å². The number of hydrogen-bond acceptors (Lipinski definition) is 4. The summed E-state index contributed by atoms with van der Waals surface area (Å²) in [5.41, 5.74) is 13.7. The summed E-state index contributed by atoms with van der Waals surface area (Å²) in [6.45, 7) is 0. The zero-order valence-electron chi connectivity index (χ0n) is 39.6. The quantitative estimate of drug-likeness (QED) is 0.173. The molecule has 2 aliphatic rings. The van der Waals surface area contributed by atoms with E-state index < -0.39 is 23.5 Å². The molecule has 0 N–H and O–H groups in total. The minimum absolute atomic E-state index is 0.0803. The van der Waals surface area contributed by atoms with E-state index in [2.05, 4.69) is 120 Å². The van der Waals surface area contributed by atoms with Gasteiger partial charge in [-0.05, 0) is 81.4 Å². The Hall–Kier alpha value is -8.60. The Morgan fingerprint density at radius 3 is 1.85 bits per heavy atom. The Kier molecular flexibility index (Phi) is 6.59. The molecule has 3 heterocycles. The average Bonchev–Trinajstić information content (AvgIpc) is 4.07. The summed E-state index contributed by atoms with van der Waals surface area (Å²) in [7, 11) is 0. The van der Waals surface area contributed by atoms with Gasteiger partial charge in [-0.25, -0.2) is 0 Å². The van der Waals surface area contributed by atoms with Gasteiger partial charge in [0.25, 0.3) is 0 Å². The lowest BCUT2D eigenvalue weighted by Gasteiger charge is -2.40. The monoisotopic (exact) mass is 836 g/mol. The van der Waals surface area contributed by atoms with Gasteiger partial charge in [-0.15, -0.1) is 0 Å². The lowest BCUT2D eigenvalue weighted by molar-refractivity contribution is 0.436. The lowest BCUT2D eigenvalue weighted by Crippen LogP contribution is -2.32. The Morgan fingerprint density at radius 2 is 1.03 bits per heavy atom. The summed E-state index contributed by atoms with van der Waals surface area (Å²) < 4.78 is 63.8. The molecular weight excluding hydrogens is 795 g/mol. The van der Waals surface area contributed by atoms with Crippen LogP contribution in [0.1, 0.15) is 29.1 Å². The molecule has 0 amide bonds. The highest BCUT2D eigenvalue weighted by Gasteiger charge is 2.51. The highest BCUT2D eigenvalue weighted by atomic mass is 16.5. The summed E-state index contributed by atoms with van der Waals surface area (Å²) in [6.07, 6.45) is 0. The third-order valence-electron chi connectivity index (χ3n) is 13.4. The van der Waals surface area contributed by atoms with Crippen molar-refractivity contribution in [2.24, 2.45) is 0 Å². The summed E-state index contributed by atoms with van der Waals surface area (Å²) >= 11 is 0. The number of rotatable bonds is 5. The maximum Gasteiger partial charge on any atom is 0.159 e. The molecule has 65 heavy (non-hydrogen) atoms. The molecule has 304 valence electrons. The van der Waals surface area contributed by atoms with Crippen LogP contribution in [0.2, 0.25) is 0 Å². The van der Waals surface area contributed by atoms with E-state index in [9.17, 15) is 0 Å². The molecule has 1 aliphatic carbocycles. The van der Waals surface area contributed by atoms with Gasteiger partial charge in [0.2, 0.25) is 0 Å². The van der Waals surface area contributed by atoms with Gasteiger partial charge in [0.05, 0.1) is 18.0 Å². The van der Waals surface area contributed by atoms with E-state index in [-0.39, 0.29) is 17.6 Å². The molecule has 0 bridgehead atoms. The second-order valence-electron chi connectivity index (χ2n) is 16.7. The highest BCUT2D eigenvalue weighted by molar-refractivity contribution is 6.16. The minimum atomic E-state index is -0.651. The molecule has 2 aromatic heterocycles. The summed E-state index contributed by atoms with van der Waals surface area (Å²) in [4.78, 5) is 2.19. The molecule has 4 nitrogen and oxygen atoms in total. The van der Waals surface area contributed by atoms with Gasteiger partial charge in [0.1, 0.15) is 28.2 Å². The lowest BCUT2D eigenvalue weighted by atomic mass is 9.66. The van der Waals surface area contributed by atoms with Crippen molar-refractivity contribution >= 4 is 60.9 Å². The van der Waals surface area contributed by atoms with Crippen LogP contribution in [0, 0.1) is 0 Å². The van der Waals surface area contributed by atoms with Crippen molar-refractivity contribution in [2.75, 3.05) is 4.90 Å². The van der Waals surface area contributed by atoms with E-state index in [0.29, 0.717) is 22.5 Å². The van der Waals surface area contributed by atoms with Crippen molar-refractivity contribution < 1.29 is 20.4 Å². The minimum Gasteiger partial charge on any atom is -0.457 e. The third kappa shape index (κ3) is 5.08. The van der Waals surface area contributed by atoms with E-state index in [1.807, 2.05) is 72.8 Å². The van der Waals surface area contributed by atoms with Crippen LogP contribution >= 0.6 is 0 Å². The predicted molar refractivity (Wildman–Crippen MR) is 264 cm³/mol. The molecule has 4 heteroatoms. The molecule has 1 spiro atoms. The molecule has 0 atom stereocenters. The van der Waals surface area contributed by atoms with Crippen molar-refractivity contribution in [3.8, 4) is 44.9 Å². The van der Waals surface area contributed by atoms with E-state index in [0.717, 1.165) is 77.8 Å². The van der Waals surface area contributed by atoms with E-state index in [1.165, 1.54) is 22.3 Å². The summed E-state index contributed by atoms with van der Waals surface area (Å²) in [5.74, 6) is 1.50. The predicted octanol–water partition coefficient (Wildman–Crippen LogP) is 16.8. The molecule has 12 aromatic rings. The van der Waals surface area contributed by atoms with Crippen LogP contribution in [0.4, 0.5) is 17.1 Å². The van der Waals surface area contributed by atoms with Gasteiger partial charge in [-0.2, -0.15) is 0 Å². The van der Waals surface area contributed by atoms with Crippen molar-refractivity contribution in [3.63, 3.8) is 0 Å². The second-order valence-corrected chi connectivity index (χ2v) is 16.7. The maximum absolute atomic E-state index is 8.92. The van der Waals surface area contributed by atoms with Crippen LogP contribution in [0.3, 0.4) is 0 Å². The van der Waals surface area contributed by atoms with Crippen molar-refractivity contribution in [3.05, 3.63) is 247 Å². The third-order valence-corrected chi connectivity index (χ3v) is 13.4. The zero-order valence-corrected chi connectivity index (χ0v) is 34.6. The van der Waals surface area contributed by atoms with Crippen molar-refractivity contribution in [2.45, 2.75) is 5.41 Å². The van der Waals surface area contributed by atoms with Crippen molar-refractivity contribution in [1.29, 1.82) is 0 Å². The first-order chi connectivity index (χ1) is 34.3. The highest BCUT2D eigenvalue weighted by Crippen LogP contribution is 2.62. The fourth-order valence-electron chi connectivity index (χ4n) is 10.8. The number of anilines is 3. The van der Waals surface area contributed by atoms with Gasteiger partial charge in [0, 0.05) is 55.7 Å². The van der Waals surface area contributed by atoms with Crippen LogP contribution in [-0.2, 0) is 5.41 Å².